The van der Waals surface area contributed by atoms with Gasteiger partial charge in [-0.3, -0.25) is 9.58 Å². The third kappa shape index (κ3) is 4.24. The summed E-state index contributed by atoms with van der Waals surface area (Å²) in [5.41, 5.74) is 1.01. The highest BCUT2D eigenvalue weighted by Gasteiger charge is 2.38. The number of nitrogens with one attached hydrogen (secondary N) is 1. The lowest BCUT2D eigenvalue weighted by Crippen LogP contribution is -2.39. The molecule has 2 aliphatic rings. The van der Waals surface area contributed by atoms with Crippen LogP contribution >= 0.6 is 24.8 Å². The Morgan fingerprint density at radius 2 is 1.86 bits per heavy atom. The van der Waals surface area contributed by atoms with E-state index in [1.54, 1.807) is 0 Å². The Balaban J connectivity index is 0.00000121. The van der Waals surface area contributed by atoms with Gasteiger partial charge in [-0.15, -0.1) is 24.8 Å². The van der Waals surface area contributed by atoms with Crippen molar-refractivity contribution in [3.63, 3.8) is 0 Å². The van der Waals surface area contributed by atoms with Gasteiger partial charge in [-0.25, -0.2) is 8.78 Å². The van der Waals surface area contributed by atoms with Crippen molar-refractivity contribution in [2.24, 2.45) is 0 Å². The molecule has 8 heteroatoms. The van der Waals surface area contributed by atoms with Crippen LogP contribution in [0.3, 0.4) is 0 Å². The molecule has 1 aromatic heterocycles. The molecule has 1 saturated carbocycles. The van der Waals surface area contributed by atoms with Gasteiger partial charge in [0, 0.05) is 45.2 Å². The fraction of sp³-hybridized carbons (Fsp3) is 0.786. The molecule has 2 fully saturated rings. The van der Waals surface area contributed by atoms with E-state index in [1.807, 2.05) is 24.1 Å². The molecule has 128 valence electrons. The van der Waals surface area contributed by atoms with Crippen LogP contribution in [-0.4, -0.2) is 46.8 Å². The summed E-state index contributed by atoms with van der Waals surface area (Å²) in [5, 5.41) is 7.45. The van der Waals surface area contributed by atoms with E-state index in [9.17, 15) is 8.78 Å². The SMILES string of the molecule is CNc1cnn([C@H]2CCN(C3CCC(F)(F)CC3)C2)c1.Cl.Cl. The van der Waals surface area contributed by atoms with Gasteiger partial charge in [0.25, 0.3) is 0 Å². The highest BCUT2D eigenvalue weighted by molar-refractivity contribution is 5.85. The van der Waals surface area contributed by atoms with Crippen molar-refractivity contribution in [3.8, 4) is 0 Å². The summed E-state index contributed by atoms with van der Waals surface area (Å²) in [6, 6.07) is 0.707. The van der Waals surface area contributed by atoms with Gasteiger partial charge in [-0.1, -0.05) is 0 Å². The van der Waals surface area contributed by atoms with Crippen molar-refractivity contribution in [3.05, 3.63) is 12.4 Å². The molecule has 22 heavy (non-hydrogen) atoms. The van der Waals surface area contributed by atoms with Crippen molar-refractivity contribution in [2.45, 2.75) is 50.1 Å². The van der Waals surface area contributed by atoms with Gasteiger partial charge in [-0.2, -0.15) is 5.10 Å². The second-order valence-corrected chi connectivity index (χ2v) is 5.98. The predicted molar refractivity (Wildman–Crippen MR) is 88.7 cm³/mol. The molecule has 1 aliphatic heterocycles. The zero-order valence-corrected chi connectivity index (χ0v) is 14.3. The molecule has 2 heterocycles. The molecule has 1 aromatic rings. The van der Waals surface area contributed by atoms with E-state index in [0.717, 1.165) is 25.2 Å². The molecule has 0 aromatic carbocycles. The molecule has 0 unspecified atom stereocenters. The Hall–Kier alpha value is -0.590. The maximum atomic E-state index is 13.2. The van der Waals surface area contributed by atoms with Gasteiger partial charge < -0.3 is 5.32 Å². The highest BCUT2D eigenvalue weighted by Crippen LogP contribution is 2.37. The molecule has 4 nitrogen and oxygen atoms in total. The van der Waals surface area contributed by atoms with Crippen LogP contribution in [0.15, 0.2) is 12.4 Å². The molecule has 0 amide bonds. The van der Waals surface area contributed by atoms with E-state index < -0.39 is 5.92 Å². The topological polar surface area (TPSA) is 33.1 Å². The monoisotopic (exact) mass is 356 g/mol. The molecule has 0 spiro atoms. The number of aromatic nitrogens is 2. The molecule has 3 rings (SSSR count). The lowest BCUT2D eigenvalue weighted by molar-refractivity contribution is -0.0518. The number of hydrogen-bond acceptors (Lipinski definition) is 3. The first kappa shape index (κ1) is 19.5. The second kappa shape index (κ2) is 7.79. The fourth-order valence-corrected chi connectivity index (χ4v) is 3.37. The summed E-state index contributed by atoms with van der Waals surface area (Å²) in [6.45, 7) is 1.93. The zero-order chi connectivity index (χ0) is 14.2. The van der Waals surface area contributed by atoms with E-state index in [0.29, 0.717) is 24.9 Å². The normalized spacial score (nSPS) is 25.3. The van der Waals surface area contributed by atoms with E-state index in [-0.39, 0.29) is 37.7 Å². The van der Waals surface area contributed by atoms with Crippen molar-refractivity contribution in [2.75, 3.05) is 25.5 Å². The number of likely N-dealkylation sites (tertiary alicyclic amines) is 1. The maximum Gasteiger partial charge on any atom is 0.248 e. The quantitative estimate of drug-likeness (QED) is 0.898. The Bertz CT molecular complexity index is 459. The van der Waals surface area contributed by atoms with Crippen LogP contribution in [0.5, 0.6) is 0 Å². The van der Waals surface area contributed by atoms with Crippen LogP contribution in [-0.2, 0) is 0 Å². The summed E-state index contributed by atoms with van der Waals surface area (Å²) < 4.78 is 28.4. The van der Waals surface area contributed by atoms with Crippen LogP contribution in [0, 0.1) is 0 Å². The van der Waals surface area contributed by atoms with Gasteiger partial charge in [0.05, 0.1) is 17.9 Å². The first-order valence-electron chi connectivity index (χ1n) is 7.41. The summed E-state index contributed by atoms with van der Waals surface area (Å²) >= 11 is 0. The largest absolute Gasteiger partial charge is 0.386 e. The van der Waals surface area contributed by atoms with Crippen LogP contribution in [0.4, 0.5) is 14.5 Å². The molecule has 1 aliphatic carbocycles. The lowest BCUT2D eigenvalue weighted by atomic mass is 9.91. The number of halogens is 4. The molecule has 1 saturated heterocycles. The van der Waals surface area contributed by atoms with E-state index in [4.69, 9.17) is 0 Å². The van der Waals surface area contributed by atoms with Gasteiger partial charge in [0.1, 0.15) is 0 Å². The third-order valence-electron chi connectivity index (χ3n) is 4.66. The van der Waals surface area contributed by atoms with Gasteiger partial charge in [0.2, 0.25) is 5.92 Å². The average Bonchev–Trinajstić information content (AvgIpc) is 3.07. The Morgan fingerprint density at radius 1 is 1.18 bits per heavy atom. The predicted octanol–water partition coefficient (Wildman–Crippen LogP) is 3.59. The van der Waals surface area contributed by atoms with Crippen molar-refractivity contribution < 1.29 is 8.78 Å². The van der Waals surface area contributed by atoms with Crippen molar-refractivity contribution in [1.29, 1.82) is 0 Å². The van der Waals surface area contributed by atoms with Crippen LogP contribution in [0.2, 0.25) is 0 Å². The van der Waals surface area contributed by atoms with Crippen LogP contribution < -0.4 is 5.32 Å². The first-order chi connectivity index (χ1) is 9.57. The van der Waals surface area contributed by atoms with Gasteiger partial charge in [-0.05, 0) is 19.3 Å². The average molecular weight is 357 g/mol. The molecule has 0 radical (unpaired) electrons. The number of hydrogen-bond donors (Lipinski definition) is 1. The molecular formula is C14H24Cl2F2N4. The van der Waals surface area contributed by atoms with E-state index in [1.165, 1.54) is 0 Å². The van der Waals surface area contributed by atoms with Crippen LogP contribution in [0.1, 0.15) is 38.1 Å². The number of rotatable bonds is 3. The molecule has 0 bridgehead atoms. The first-order valence-corrected chi connectivity index (χ1v) is 7.41. The highest BCUT2D eigenvalue weighted by atomic mass is 35.5. The number of nitrogens with zero attached hydrogens (tertiary/aromatic N) is 3. The second-order valence-electron chi connectivity index (χ2n) is 5.98. The van der Waals surface area contributed by atoms with Gasteiger partial charge >= 0.3 is 0 Å². The van der Waals surface area contributed by atoms with E-state index in [2.05, 4.69) is 15.3 Å². The number of alkyl halides is 2. The Morgan fingerprint density at radius 3 is 2.45 bits per heavy atom. The summed E-state index contributed by atoms with van der Waals surface area (Å²) in [5.74, 6) is -2.43. The summed E-state index contributed by atoms with van der Waals surface area (Å²) in [4.78, 5) is 2.38. The van der Waals surface area contributed by atoms with E-state index >= 15 is 0 Å². The van der Waals surface area contributed by atoms with Crippen molar-refractivity contribution >= 4 is 30.5 Å². The minimum atomic E-state index is -2.43. The Kier molecular flexibility index (Phi) is 6.89. The minimum absolute atomic E-state index is 0. The zero-order valence-electron chi connectivity index (χ0n) is 12.7. The van der Waals surface area contributed by atoms with Crippen molar-refractivity contribution in [1.82, 2.24) is 14.7 Å². The third-order valence-corrected chi connectivity index (χ3v) is 4.66. The fourth-order valence-electron chi connectivity index (χ4n) is 3.37. The lowest BCUT2D eigenvalue weighted by Gasteiger charge is -2.34. The molecular weight excluding hydrogens is 333 g/mol. The number of anilines is 1. The maximum absolute atomic E-state index is 13.2. The van der Waals surface area contributed by atoms with Gasteiger partial charge in [0.15, 0.2) is 0 Å². The Labute approximate surface area is 142 Å². The molecule has 1 atom stereocenters. The smallest absolute Gasteiger partial charge is 0.248 e. The summed E-state index contributed by atoms with van der Waals surface area (Å²) in [7, 11) is 1.88. The molecule has 1 N–H and O–H groups in total. The standard InChI is InChI=1S/C14H22F2N4.2ClH/c1-17-11-8-18-20(9-11)13-4-7-19(10-13)12-2-5-14(15,16)6-3-12;;/h8-9,12-13,17H,2-7,10H2,1H3;2*1H/t13-;;/m0../s1. The van der Waals surface area contributed by atoms with Crippen LogP contribution in [0.25, 0.3) is 0 Å². The minimum Gasteiger partial charge on any atom is -0.386 e. The summed E-state index contributed by atoms with van der Waals surface area (Å²) in [6.07, 6.45) is 6.24.